The fourth-order valence-corrected chi connectivity index (χ4v) is 2.68. The van der Waals surface area contributed by atoms with Crippen molar-refractivity contribution in [2.24, 2.45) is 0 Å². The predicted molar refractivity (Wildman–Crippen MR) is 93.8 cm³/mol. The first-order valence-corrected chi connectivity index (χ1v) is 8.61. The molecular formula is C17H15N3O5S. The first-order chi connectivity index (χ1) is 12.7. The highest BCUT2D eigenvalue weighted by Gasteiger charge is 2.13. The van der Waals surface area contributed by atoms with E-state index in [1.807, 2.05) is 17.5 Å². The molecule has 0 saturated carbocycles. The summed E-state index contributed by atoms with van der Waals surface area (Å²) >= 11 is 1.47. The van der Waals surface area contributed by atoms with E-state index < -0.39 is 12.1 Å². The number of hydrogen-bond donors (Lipinski definition) is 1. The monoisotopic (exact) mass is 373 g/mol. The Morgan fingerprint density at radius 1 is 1.19 bits per heavy atom. The number of nitrogens with one attached hydrogen (secondary N) is 1. The highest BCUT2D eigenvalue weighted by atomic mass is 32.1. The SMILES string of the molecule is CCOC(=O)Nc1cccc(C(=O)OCc2nnc(-c3cccs3)o2)c1. The van der Waals surface area contributed by atoms with Crippen molar-refractivity contribution in [1.29, 1.82) is 0 Å². The number of carbonyl (C=O) groups is 2. The van der Waals surface area contributed by atoms with Crippen LogP contribution in [0.5, 0.6) is 0 Å². The summed E-state index contributed by atoms with van der Waals surface area (Å²) in [6, 6.07) is 10.1. The quantitative estimate of drug-likeness (QED) is 0.657. The largest absolute Gasteiger partial charge is 0.452 e. The summed E-state index contributed by atoms with van der Waals surface area (Å²) in [6.07, 6.45) is -0.593. The molecule has 1 aromatic carbocycles. The lowest BCUT2D eigenvalue weighted by molar-refractivity contribution is 0.0438. The lowest BCUT2D eigenvalue weighted by Crippen LogP contribution is -2.14. The van der Waals surface area contributed by atoms with E-state index in [0.717, 1.165) is 4.88 Å². The average Bonchev–Trinajstić information content (AvgIpc) is 3.31. The number of esters is 1. The second-order valence-corrected chi connectivity index (χ2v) is 5.93. The first kappa shape index (κ1) is 17.6. The van der Waals surface area contributed by atoms with Gasteiger partial charge in [-0.05, 0) is 36.6 Å². The fraction of sp³-hybridized carbons (Fsp3) is 0.176. The van der Waals surface area contributed by atoms with E-state index in [0.29, 0.717) is 11.6 Å². The van der Waals surface area contributed by atoms with Crippen LogP contribution in [-0.4, -0.2) is 28.9 Å². The maximum absolute atomic E-state index is 12.2. The van der Waals surface area contributed by atoms with Crippen molar-refractivity contribution in [3.05, 3.63) is 53.2 Å². The highest BCUT2D eigenvalue weighted by molar-refractivity contribution is 7.13. The molecule has 2 aromatic heterocycles. The van der Waals surface area contributed by atoms with E-state index in [-0.39, 0.29) is 24.7 Å². The molecule has 0 saturated heterocycles. The van der Waals surface area contributed by atoms with Gasteiger partial charge in [-0.1, -0.05) is 12.1 Å². The molecule has 26 heavy (non-hydrogen) atoms. The average molecular weight is 373 g/mol. The van der Waals surface area contributed by atoms with E-state index in [2.05, 4.69) is 15.5 Å². The summed E-state index contributed by atoms with van der Waals surface area (Å²) in [5.74, 6) is 0.00242. The molecule has 0 fully saturated rings. The summed E-state index contributed by atoms with van der Waals surface area (Å²) in [5, 5.41) is 12.2. The molecule has 0 aliphatic rings. The zero-order valence-corrected chi connectivity index (χ0v) is 14.6. The molecule has 0 radical (unpaired) electrons. The van der Waals surface area contributed by atoms with Crippen molar-refractivity contribution < 1.29 is 23.5 Å². The van der Waals surface area contributed by atoms with Gasteiger partial charge in [0, 0.05) is 5.69 Å². The van der Waals surface area contributed by atoms with Crippen molar-refractivity contribution in [2.75, 3.05) is 11.9 Å². The molecule has 0 atom stereocenters. The Morgan fingerprint density at radius 3 is 2.85 bits per heavy atom. The topological polar surface area (TPSA) is 104 Å². The molecule has 0 unspecified atom stereocenters. The zero-order valence-electron chi connectivity index (χ0n) is 13.8. The minimum atomic E-state index is -0.593. The third kappa shape index (κ3) is 4.45. The molecular weight excluding hydrogens is 358 g/mol. The van der Waals surface area contributed by atoms with Crippen LogP contribution in [0.1, 0.15) is 23.2 Å². The number of rotatable bonds is 6. The normalized spacial score (nSPS) is 10.3. The van der Waals surface area contributed by atoms with Crippen molar-refractivity contribution in [2.45, 2.75) is 13.5 Å². The molecule has 1 amide bonds. The van der Waals surface area contributed by atoms with E-state index in [4.69, 9.17) is 13.9 Å². The molecule has 3 rings (SSSR count). The molecule has 2 heterocycles. The number of carbonyl (C=O) groups excluding carboxylic acids is 2. The number of nitrogens with zero attached hydrogens (tertiary/aromatic N) is 2. The third-order valence-electron chi connectivity index (χ3n) is 3.15. The van der Waals surface area contributed by atoms with Gasteiger partial charge in [-0.2, -0.15) is 0 Å². The third-order valence-corrected chi connectivity index (χ3v) is 4.00. The number of hydrogen-bond acceptors (Lipinski definition) is 8. The van der Waals surface area contributed by atoms with Crippen LogP contribution in [0.15, 0.2) is 46.2 Å². The van der Waals surface area contributed by atoms with Crippen molar-refractivity contribution in [3.8, 4) is 10.8 Å². The van der Waals surface area contributed by atoms with E-state index >= 15 is 0 Å². The smallest absolute Gasteiger partial charge is 0.411 e. The number of thiophene rings is 1. The standard InChI is InChI=1S/C17H15N3O5S/c1-2-23-17(22)18-12-6-3-5-11(9-12)16(21)24-10-14-19-20-15(25-14)13-7-4-8-26-13/h3-9H,2,10H2,1H3,(H,18,22). The van der Waals surface area contributed by atoms with Gasteiger partial charge in [-0.25, -0.2) is 9.59 Å². The van der Waals surface area contributed by atoms with Crippen LogP contribution in [0.4, 0.5) is 10.5 Å². The van der Waals surface area contributed by atoms with Gasteiger partial charge in [0.1, 0.15) is 0 Å². The summed E-state index contributed by atoms with van der Waals surface area (Å²) in [6.45, 7) is 1.81. The van der Waals surface area contributed by atoms with Crippen LogP contribution in [0.2, 0.25) is 0 Å². The zero-order chi connectivity index (χ0) is 18.4. The fourth-order valence-electron chi connectivity index (χ4n) is 2.03. The Balaban J connectivity index is 1.59. The van der Waals surface area contributed by atoms with Gasteiger partial charge < -0.3 is 13.9 Å². The Morgan fingerprint density at radius 2 is 2.08 bits per heavy atom. The maximum atomic E-state index is 12.2. The molecule has 8 nitrogen and oxygen atoms in total. The van der Waals surface area contributed by atoms with Crippen molar-refractivity contribution in [1.82, 2.24) is 10.2 Å². The minimum absolute atomic E-state index is 0.146. The molecule has 1 N–H and O–H groups in total. The van der Waals surface area contributed by atoms with Gasteiger partial charge in [0.05, 0.1) is 17.0 Å². The van der Waals surface area contributed by atoms with Gasteiger partial charge >= 0.3 is 12.1 Å². The number of ether oxygens (including phenoxy) is 2. The second kappa shape index (κ2) is 8.26. The summed E-state index contributed by atoms with van der Waals surface area (Å²) < 4.78 is 15.4. The molecule has 0 aliphatic carbocycles. The summed E-state index contributed by atoms with van der Waals surface area (Å²) in [7, 11) is 0. The highest BCUT2D eigenvalue weighted by Crippen LogP contribution is 2.23. The van der Waals surface area contributed by atoms with Crippen molar-refractivity contribution >= 4 is 29.1 Å². The van der Waals surface area contributed by atoms with Crippen LogP contribution in [0, 0.1) is 0 Å². The molecule has 9 heteroatoms. The molecule has 3 aromatic rings. The summed E-state index contributed by atoms with van der Waals surface area (Å²) in [5.41, 5.74) is 0.702. The van der Waals surface area contributed by atoms with Gasteiger partial charge in [-0.15, -0.1) is 21.5 Å². The predicted octanol–water partition coefficient (Wildman–Crippen LogP) is 3.72. The number of amides is 1. The van der Waals surface area contributed by atoms with Gasteiger partial charge in [0.2, 0.25) is 0 Å². The minimum Gasteiger partial charge on any atom is -0.452 e. The van der Waals surface area contributed by atoms with Crippen LogP contribution in [-0.2, 0) is 16.1 Å². The van der Waals surface area contributed by atoms with Crippen LogP contribution >= 0.6 is 11.3 Å². The number of aromatic nitrogens is 2. The summed E-state index contributed by atoms with van der Waals surface area (Å²) in [4.78, 5) is 24.4. The molecule has 134 valence electrons. The van der Waals surface area contributed by atoms with Crippen LogP contribution in [0.3, 0.4) is 0 Å². The van der Waals surface area contributed by atoms with Gasteiger partial charge in [0.25, 0.3) is 11.8 Å². The number of anilines is 1. The second-order valence-electron chi connectivity index (χ2n) is 4.98. The lowest BCUT2D eigenvalue weighted by atomic mass is 10.2. The van der Waals surface area contributed by atoms with Gasteiger partial charge in [-0.3, -0.25) is 5.32 Å². The van der Waals surface area contributed by atoms with Crippen LogP contribution < -0.4 is 5.32 Å². The Hall–Kier alpha value is -3.20. The molecule has 0 spiro atoms. The lowest BCUT2D eigenvalue weighted by Gasteiger charge is -2.07. The van der Waals surface area contributed by atoms with Crippen LogP contribution in [0.25, 0.3) is 10.8 Å². The van der Waals surface area contributed by atoms with E-state index in [1.165, 1.54) is 17.4 Å². The molecule has 0 bridgehead atoms. The first-order valence-electron chi connectivity index (χ1n) is 7.73. The Bertz CT molecular complexity index is 891. The number of benzene rings is 1. The van der Waals surface area contributed by atoms with E-state index in [9.17, 15) is 9.59 Å². The maximum Gasteiger partial charge on any atom is 0.411 e. The van der Waals surface area contributed by atoms with Crippen molar-refractivity contribution in [3.63, 3.8) is 0 Å². The Kier molecular flexibility index (Phi) is 5.59. The Labute approximate surface area is 152 Å². The van der Waals surface area contributed by atoms with Gasteiger partial charge in [0.15, 0.2) is 6.61 Å². The van der Waals surface area contributed by atoms with E-state index in [1.54, 1.807) is 25.1 Å². The molecule has 0 aliphatic heterocycles.